The van der Waals surface area contributed by atoms with Crippen LogP contribution in [0.2, 0.25) is 0 Å². The van der Waals surface area contributed by atoms with Gasteiger partial charge in [-0.3, -0.25) is 4.57 Å². The van der Waals surface area contributed by atoms with E-state index in [-0.39, 0.29) is 0 Å². The lowest BCUT2D eigenvalue weighted by atomic mass is 10.1. The van der Waals surface area contributed by atoms with Gasteiger partial charge in [0.15, 0.2) is 11.0 Å². The summed E-state index contributed by atoms with van der Waals surface area (Å²) in [6, 6.07) is 14.5. The van der Waals surface area contributed by atoms with Crippen molar-refractivity contribution in [3.05, 3.63) is 82.1 Å². The number of hydrogen-bond acceptors (Lipinski definition) is 4. The lowest BCUT2D eigenvalue weighted by Crippen LogP contribution is -2.08. The monoisotopic (exact) mass is 443 g/mol. The van der Waals surface area contributed by atoms with E-state index < -0.39 is 0 Å². The number of allylic oxidation sites excluding steroid dienone is 1. The molecule has 0 aliphatic carbocycles. The van der Waals surface area contributed by atoms with Gasteiger partial charge >= 0.3 is 0 Å². The zero-order valence-corrected chi connectivity index (χ0v) is 17.9. The SMILES string of the molecule is C=CCn1c(COc2cc(C)ccc2C)nnc1SCc1ccc(Br)cc1. The first-order valence-electron chi connectivity index (χ1n) is 8.67. The highest BCUT2D eigenvalue weighted by Crippen LogP contribution is 2.24. The number of ether oxygens (including phenoxy) is 1. The van der Waals surface area contributed by atoms with Crippen molar-refractivity contribution >= 4 is 27.7 Å². The molecule has 1 aromatic heterocycles. The lowest BCUT2D eigenvalue weighted by Gasteiger charge is -2.11. The Kier molecular flexibility index (Phi) is 6.74. The minimum Gasteiger partial charge on any atom is -0.485 e. The van der Waals surface area contributed by atoms with Crippen LogP contribution in [0.25, 0.3) is 0 Å². The molecule has 4 nitrogen and oxygen atoms in total. The largest absolute Gasteiger partial charge is 0.485 e. The van der Waals surface area contributed by atoms with Gasteiger partial charge < -0.3 is 4.74 Å². The number of thioether (sulfide) groups is 1. The molecule has 0 radical (unpaired) electrons. The maximum Gasteiger partial charge on any atom is 0.191 e. The highest BCUT2D eigenvalue weighted by atomic mass is 79.9. The molecule has 1 heterocycles. The van der Waals surface area contributed by atoms with Gasteiger partial charge in [-0.15, -0.1) is 16.8 Å². The smallest absolute Gasteiger partial charge is 0.191 e. The number of benzene rings is 2. The van der Waals surface area contributed by atoms with Gasteiger partial charge in [-0.1, -0.05) is 58.0 Å². The van der Waals surface area contributed by atoms with Gasteiger partial charge in [0.05, 0.1) is 0 Å². The summed E-state index contributed by atoms with van der Waals surface area (Å²) in [7, 11) is 0. The third-order valence-corrected chi connectivity index (χ3v) is 5.65. The molecule has 0 amide bonds. The van der Waals surface area contributed by atoms with Gasteiger partial charge in [0.2, 0.25) is 0 Å². The van der Waals surface area contributed by atoms with Crippen LogP contribution in [0.15, 0.2) is 64.7 Å². The Labute approximate surface area is 172 Å². The van der Waals surface area contributed by atoms with Crippen molar-refractivity contribution < 1.29 is 4.74 Å². The van der Waals surface area contributed by atoms with Crippen LogP contribution < -0.4 is 4.74 Å². The fourth-order valence-corrected chi connectivity index (χ4v) is 3.77. The van der Waals surface area contributed by atoms with Crippen molar-refractivity contribution in [3.63, 3.8) is 0 Å². The predicted octanol–water partition coefficient (Wildman–Crippen LogP) is 5.71. The summed E-state index contributed by atoms with van der Waals surface area (Å²) in [5.41, 5.74) is 3.53. The molecule has 0 atom stereocenters. The summed E-state index contributed by atoms with van der Waals surface area (Å²) in [4.78, 5) is 0. The first-order valence-corrected chi connectivity index (χ1v) is 10.4. The second kappa shape index (κ2) is 9.24. The minimum atomic E-state index is 0.379. The zero-order chi connectivity index (χ0) is 19.2. The molecule has 0 N–H and O–H groups in total. The van der Waals surface area contributed by atoms with Crippen LogP contribution in [0, 0.1) is 13.8 Å². The molecule has 27 heavy (non-hydrogen) atoms. The first-order chi connectivity index (χ1) is 13.1. The van der Waals surface area contributed by atoms with Crippen molar-refractivity contribution in [1.29, 1.82) is 0 Å². The quantitative estimate of drug-likeness (QED) is 0.329. The number of nitrogens with zero attached hydrogens (tertiary/aromatic N) is 3. The van der Waals surface area contributed by atoms with Crippen LogP contribution >= 0.6 is 27.7 Å². The van der Waals surface area contributed by atoms with E-state index in [9.17, 15) is 0 Å². The summed E-state index contributed by atoms with van der Waals surface area (Å²) in [5.74, 6) is 2.52. The Hall–Kier alpha value is -2.05. The van der Waals surface area contributed by atoms with E-state index in [4.69, 9.17) is 4.74 Å². The van der Waals surface area contributed by atoms with E-state index in [1.165, 1.54) is 11.1 Å². The highest BCUT2D eigenvalue weighted by molar-refractivity contribution is 9.10. The van der Waals surface area contributed by atoms with Crippen LogP contribution in [-0.2, 0) is 18.9 Å². The average molecular weight is 444 g/mol. The molecular weight excluding hydrogens is 422 g/mol. The first kappa shape index (κ1) is 19.7. The van der Waals surface area contributed by atoms with E-state index >= 15 is 0 Å². The van der Waals surface area contributed by atoms with E-state index in [0.717, 1.165) is 32.5 Å². The third kappa shape index (κ3) is 5.23. The van der Waals surface area contributed by atoms with Crippen molar-refractivity contribution in [2.75, 3.05) is 0 Å². The molecule has 0 saturated heterocycles. The van der Waals surface area contributed by atoms with Gasteiger partial charge in [-0.05, 0) is 48.7 Å². The van der Waals surface area contributed by atoms with Crippen molar-refractivity contribution in [2.45, 2.75) is 37.9 Å². The summed E-state index contributed by atoms with van der Waals surface area (Å²) in [6.45, 7) is 8.99. The molecular formula is C21H22BrN3OS. The molecule has 0 fully saturated rings. The molecule has 6 heteroatoms. The van der Waals surface area contributed by atoms with Gasteiger partial charge in [0.25, 0.3) is 0 Å². The molecule has 0 spiro atoms. The van der Waals surface area contributed by atoms with Gasteiger partial charge in [0, 0.05) is 16.8 Å². The van der Waals surface area contributed by atoms with Crippen LogP contribution in [0.4, 0.5) is 0 Å². The third-order valence-electron chi connectivity index (χ3n) is 4.09. The summed E-state index contributed by atoms with van der Waals surface area (Å²) < 4.78 is 9.15. The van der Waals surface area contributed by atoms with Gasteiger partial charge in [-0.25, -0.2) is 0 Å². The van der Waals surface area contributed by atoms with Crippen molar-refractivity contribution in [2.24, 2.45) is 0 Å². The summed E-state index contributed by atoms with van der Waals surface area (Å²) >= 11 is 5.13. The lowest BCUT2D eigenvalue weighted by molar-refractivity contribution is 0.287. The Morgan fingerprint density at radius 2 is 1.93 bits per heavy atom. The van der Waals surface area contributed by atoms with E-state index in [1.807, 2.05) is 31.2 Å². The van der Waals surface area contributed by atoms with Crippen molar-refractivity contribution in [1.82, 2.24) is 14.8 Å². The number of hydrogen-bond donors (Lipinski definition) is 0. The van der Waals surface area contributed by atoms with E-state index in [1.54, 1.807) is 11.8 Å². The van der Waals surface area contributed by atoms with Crippen LogP contribution in [0.3, 0.4) is 0 Å². The molecule has 3 aromatic rings. The number of rotatable bonds is 8. The molecule has 3 rings (SSSR count). The molecule has 0 aliphatic rings. The van der Waals surface area contributed by atoms with Crippen LogP contribution in [0.1, 0.15) is 22.5 Å². The number of aryl methyl sites for hydroxylation is 2. The standard InChI is InChI=1S/C21H22BrN3OS/c1-4-11-25-20(13-26-19-12-15(2)5-6-16(19)3)23-24-21(25)27-14-17-7-9-18(22)10-8-17/h4-10,12H,1,11,13-14H2,2-3H3. The van der Waals surface area contributed by atoms with E-state index in [0.29, 0.717) is 13.2 Å². The fourth-order valence-electron chi connectivity index (χ4n) is 2.58. The average Bonchev–Trinajstić information content (AvgIpc) is 3.04. The highest BCUT2D eigenvalue weighted by Gasteiger charge is 2.13. The summed E-state index contributed by atoms with van der Waals surface area (Å²) in [5, 5.41) is 9.57. The topological polar surface area (TPSA) is 39.9 Å². The molecule has 0 unspecified atom stereocenters. The number of halogens is 1. The van der Waals surface area contributed by atoms with Gasteiger partial charge in [0.1, 0.15) is 12.4 Å². The minimum absolute atomic E-state index is 0.379. The molecule has 140 valence electrons. The Balaban J connectivity index is 1.71. The predicted molar refractivity (Wildman–Crippen MR) is 114 cm³/mol. The second-order valence-corrected chi connectivity index (χ2v) is 8.13. The van der Waals surface area contributed by atoms with E-state index in [2.05, 4.69) is 68.5 Å². The summed E-state index contributed by atoms with van der Waals surface area (Å²) in [6.07, 6.45) is 1.86. The van der Waals surface area contributed by atoms with Crippen LogP contribution in [-0.4, -0.2) is 14.8 Å². The maximum absolute atomic E-state index is 6.01. The molecule has 2 aromatic carbocycles. The van der Waals surface area contributed by atoms with Gasteiger partial charge in [-0.2, -0.15) is 0 Å². The van der Waals surface area contributed by atoms with Crippen molar-refractivity contribution in [3.8, 4) is 5.75 Å². The normalized spacial score (nSPS) is 10.8. The fraction of sp³-hybridized carbons (Fsp3) is 0.238. The molecule has 0 saturated carbocycles. The Morgan fingerprint density at radius 1 is 1.15 bits per heavy atom. The van der Waals surface area contributed by atoms with Crippen LogP contribution in [0.5, 0.6) is 5.75 Å². The molecule has 0 aliphatic heterocycles. The zero-order valence-electron chi connectivity index (χ0n) is 15.5. The molecule has 0 bridgehead atoms. The Morgan fingerprint density at radius 3 is 2.67 bits per heavy atom. The second-order valence-electron chi connectivity index (χ2n) is 6.27. The maximum atomic E-state index is 6.01. The number of aromatic nitrogens is 3. The Bertz CT molecular complexity index is 922.